The van der Waals surface area contributed by atoms with Gasteiger partial charge in [-0.05, 0) is 24.5 Å². The Balaban J connectivity index is 0.00000210. The molecule has 1 atom stereocenters. The van der Waals surface area contributed by atoms with Crippen LogP contribution in [0, 0.1) is 0 Å². The average Bonchev–Trinajstić information content (AvgIpc) is 3.31. The normalized spacial score (nSPS) is 21.5. The van der Waals surface area contributed by atoms with Crippen molar-refractivity contribution in [2.75, 3.05) is 39.3 Å². The van der Waals surface area contributed by atoms with Gasteiger partial charge in [-0.15, -0.1) is 12.4 Å². The van der Waals surface area contributed by atoms with Crippen LogP contribution in [0.4, 0.5) is 0 Å². The van der Waals surface area contributed by atoms with E-state index < -0.39 is 0 Å². The Bertz CT molecular complexity index is 709. The van der Waals surface area contributed by atoms with Crippen LogP contribution in [-0.4, -0.2) is 64.9 Å². The summed E-state index contributed by atoms with van der Waals surface area (Å²) in [6.07, 6.45) is 3.53. The molecule has 148 valence electrons. The molecular weight excluding hydrogens is 358 g/mol. The molecule has 5 nitrogen and oxygen atoms in total. The van der Waals surface area contributed by atoms with Gasteiger partial charge in [-0.1, -0.05) is 32.0 Å². The van der Waals surface area contributed by atoms with Crippen molar-refractivity contribution in [1.82, 2.24) is 24.9 Å². The molecule has 1 aromatic carbocycles. The predicted octanol–water partition coefficient (Wildman–Crippen LogP) is 2.90. The Kier molecular flexibility index (Phi) is 6.93. The van der Waals surface area contributed by atoms with E-state index >= 15 is 0 Å². The van der Waals surface area contributed by atoms with Crippen LogP contribution in [0.15, 0.2) is 36.5 Å². The van der Waals surface area contributed by atoms with E-state index in [0.717, 1.165) is 31.4 Å². The van der Waals surface area contributed by atoms with Crippen molar-refractivity contribution in [3.63, 3.8) is 0 Å². The summed E-state index contributed by atoms with van der Waals surface area (Å²) < 4.78 is 2.05. The summed E-state index contributed by atoms with van der Waals surface area (Å²) in [6, 6.07) is 11.2. The third-order valence-corrected chi connectivity index (χ3v) is 5.70. The summed E-state index contributed by atoms with van der Waals surface area (Å²) in [5, 5.41) is 8.36. The predicted molar refractivity (Wildman–Crippen MR) is 113 cm³/mol. The fourth-order valence-electron chi connectivity index (χ4n) is 4.29. The van der Waals surface area contributed by atoms with Crippen LogP contribution < -0.4 is 5.32 Å². The average molecular weight is 390 g/mol. The third-order valence-electron chi connectivity index (χ3n) is 5.70. The number of nitrogens with zero attached hydrogens (tertiary/aromatic N) is 4. The number of halogens is 1. The van der Waals surface area contributed by atoms with Crippen molar-refractivity contribution >= 4 is 12.4 Å². The molecule has 2 aliphatic heterocycles. The lowest BCUT2D eigenvalue weighted by molar-refractivity contribution is 0.170. The molecule has 0 radical (unpaired) electrons. The second kappa shape index (κ2) is 9.20. The first kappa shape index (κ1) is 20.3. The molecule has 2 saturated heterocycles. The van der Waals surface area contributed by atoms with E-state index in [1.54, 1.807) is 0 Å². The first-order valence-corrected chi connectivity index (χ1v) is 10.0. The second-order valence-electron chi connectivity index (χ2n) is 7.94. The number of aromatic nitrogens is 2. The molecular formula is C21H32ClN5. The van der Waals surface area contributed by atoms with Crippen LogP contribution in [0.25, 0.3) is 5.69 Å². The van der Waals surface area contributed by atoms with Gasteiger partial charge >= 0.3 is 0 Å². The quantitative estimate of drug-likeness (QED) is 0.853. The molecule has 0 aliphatic carbocycles. The Morgan fingerprint density at radius 3 is 2.56 bits per heavy atom. The van der Waals surface area contributed by atoms with Crippen LogP contribution in [0.1, 0.15) is 37.4 Å². The van der Waals surface area contributed by atoms with Gasteiger partial charge in [0.1, 0.15) is 0 Å². The van der Waals surface area contributed by atoms with Gasteiger partial charge in [-0.2, -0.15) is 5.10 Å². The number of para-hydroxylation sites is 1. The van der Waals surface area contributed by atoms with Crippen molar-refractivity contribution in [2.24, 2.45) is 0 Å². The first-order chi connectivity index (χ1) is 12.7. The highest BCUT2D eigenvalue weighted by Gasteiger charge is 2.29. The van der Waals surface area contributed by atoms with E-state index in [2.05, 4.69) is 70.2 Å². The molecule has 1 N–H and O–H groups in total. The second-order valence-corrected chi connectivity index (χ2v) is 7.94. The molecule has 0 spiro atoms. The van der Waals surface area contributed by atoms with Crippen LogP contribution in [0.5, 0.6) is 0 Å². The first-order valence-electron chi connectivity index (χ1n) is 10.0. The maximum absolute atomic E-state index is 4.90. The summed E-state index contributed by atoms with van der Waals surface area (Å²) in [7, 11) is 0. The molecule has 3 heterocycles. The van der Waals surface area contributed by atoms with Gasteiger partial charge in [0.05, 0.1) is 11.4 Å². The van der Waals surface area contributed by atoms with Gasteiger partial charge in [0.15, 0.2) is 0 Å². The standard InChI is InChI=1S/C21H31N5.ClH/c1-17(2)21-18(15-26(23-21)19-6-4-3-5-7-19)14-24-11-8-20(16-24)25-12-9-22-10-13-25;/h3-7,15,17,20,22H,8-14,16H2,1-2H3;1H. The Hall–Kier alpha value is -1.40. The lowest BCUT2D eigenvalue weighted by atomic mass is 10.1. The number of likely N-dealkylation sites (tertiary alicyclic amines) is 1. The zero-order valence-corrected chi connectivity index (χ0v) is 17.3. The van der Waals surface area contributed by atoms with E-state index in [-0.39, 0.29) is 12.4 Å². The van der Waals surface area contributed by atoms with Crippen molar-refractivity contribution in [3.8, 4) is 5.69 Å². The van der Waals surface area contributed by atoms with Gasteiger partial charge in [-0.25, -0.2) is 4.68 Å². The lowest BCUT2D eigenvalue weighted by Gasteiger charge is -2.32. The molecule has 1 aromatic heterocycles. The number of rotatable bonds is 5. The number of nitrogens with one attached hydrogen (secondary N) is 1. The minimum Gasteiger partial charge on any atom is -0.314 e. The smallest absolute Gasteiger partial charge is 0.0699 e. The monoisotopic (exact) mass is 389 g/mol. The third kappa shape index (κ3) is 4.72. The van der Waals surface area contributed by atoms with E-state index in [0.29, 0.717) is 5.92 Å². The van der Waals surface area contributed by atoms with E-state index in [1.807, 2.05) is 0 Å². The van der Waals surface area contributed by atoms with Crippen molar-refractivity contribution in [3.05, 3.63) is 47.8 Å². The topological polar surface area (TPSA) is 36.3 Å². The summed E-state index contributed by atoms with van der Waals surface area (Å²) in [4.78, 5) is 5.29. The number of hydrogen-bond donors (Lipinski definition) is 1. The van der Waals surface area contributed by atoms with Crippen LogP contribution >= 0.6 is 12.4 Å². The van der Waals surface area contributed by atoms with E-state index in [4.69, 9.17) is 5.10 Å². The largest absolute Gasteiger partial charge is 0.314 e. The molecule has 4 rings (SSSR count). The minimum absolute atomic E-state index is 0. The molecule has 2 aliphatic rings. The summed E-state index contributed by atoms with van der Waals surface area (Å²) in [6.45, 7) is 12.6. The van der Waals surface area contributed by atoms with E-state index in [1.165, 1.54) is 43.9 Å². The lowest BCUT2D eigenvalue weighted by Crippen LogP contribution is -2.49. The number of benzene rings is 1. The van der Waals surface area contributed by atoms with Gasteiger partial charge in [0.25, 0.3) is 0 Å². The number of piperazine rings is 1. The van der Waals surface area contributed by atoms with Crippen LogP contribution in [0.3, 0.4) is 0 Å². The zero-order valence-electron chi connectivity index (χ0n) is 16.5. The molecule has 27 heavy (non-hydrogen) atoms. The van der Waals surface area contributed by atoms with Gasteiger partial charge in [0, 0.05) is 63.6 Å². The fraction of sp³-hybridized carbons (Fsp3) is 0.571. The van der Waals surface area contributed by atoms with Gasteiger partial charge in [-0.3, -0.25) is 9.80 Å². The summed E-state index contributed by atoms with van der Waals surface area (Å²) in [5.41, 5.74) is 3.75. The van der Waals surface area contributed by atoms with Crippen molar-refractivity contribution in [2.45, 2.75) is 38.8 Å². The molecule has 0 bridgehead atoms. The number of hydrogen-bond acceptors (Lipinski definition) is 4. The molecule has 2 fully saturated rings. The SMILES string of the molecule is CC(C)c1nn(-c2ccccc2)cc1CN1CCC(N2CCNCC2)C1.Cl. The van der Waals surface area contributed by atoms with Gasteiger partial charge < -0.3 is 5.32 Å². The van der Waals surface area contributed by atoms with Crippen molar-refractivity contribution in [1.29, 1.82) is 0 Å². The Morgan fingerprint density at radius 2 is 1.85 bits per heavy atom. The van der Waals surface area contributed by atoms with Crippen LogP contribution in [-0.2, 0) is 6.54 Å². The molecule has 0 saturated carbocycles. The Labute approximate surface area is 169 Å². The minimum atomic E-state index is 0. The maximum Gasteiger partial charge on any atom is 0.0699 e. The van der Waals surface area contributed by atoms with Crippen molar-refractivity contribution < 1.29 is 0 Å². The molecule has 6 heteroatoms. The zero-order chi connectivity index (χ0) is 17.9. The molecule has 1 unspecified atom stereocenters. The Morgan fingerprint density at radius 1 is 1.11 bits per heavy atom. The summed E-state index contributed by atoms with van der Waals surface area (Å²) >= 11 is 0. The highest BCUT2D eigenvalue weighted by Crippen LogP contribution is 2.24. The fourth-order valence-corrected chi connectivity index (χ4v) is 4.29. The maximum atomic E-state index is 4.90. The highest BCUT2D eigenvalue weighted by molar-refractivity contribution is 5.85. The highest BCUT2D eigenvalue weighted by atomic mass is 35.5. The molecule has 0 amide bonds. The van der Waals surface area contributed by atoms with E-state index in [9.17, 15) is 0 Å². The van der Waals surface area contributed by atoms with Gasteiger partial charge in [0.2, 0.25) is 0 Å². The molecule has 2 aromatic rings. The van der Waals surface area contributed by atoms with Crippen LogP contribution in [0.2, 0.25) is 0 Å². The summed E-state index contributed by atoms with van der Waals surface area (Å²) in [5.74, 6) is 0.446.